The van der Waals surface area contributed by atoms with Gasteiger partial charge in [0.2, 0.25) is 5.95 Å². The van der Waals surface area contributed by atoms with E-state index in [1.165, 1.54) is 0 Å². The predicted octanol–water partition coefficient (Wildman–Crippen LogP) is 4.49. The van der Waals surface area contributed by atoms with Crippen molar-refractivity contribution in [2.24, 2.45) is 0 Å². The molecule has 0 aliphatic rings. The first-order valence-corrected chi connectivity index (χ1v) is 14.1. The molecule has 41 heavy (non-hydrogen) atoms. The Kier molecular flexibility index (Phi) is 10.8. The smallest absolute Gasteiger partial charge is 0.225 e. The van der Waals surface area contributed by atoms with Crippen LogP contribution in [0.25, 0.3) is 12.2 Å². The average Bonchev–Trinajstić information content (AvgIpc) is 3.01. The highest BCUT2D eigenvalue weighted by molar-refractivity contribution is 7.99. The van der Waals surface area contributed by atoms with Gasteiger partial charge in [0, 0.05) is 29.0 Å². The summed E-state index contributed by atoms with van der Waals surface area (Å²) in [5.74, 6) is 4.38. The average molecular weight is 567 g/mol. The molecule has 3 aromatic carbocycles. The van der Waals surface area contributed by atoms with Gasteiger partial charge < -0.3 is 25.6 Å². The van der Waals surface area contributed by atoms with Gasteiger partial charge in [-0.05, 0) is 54.3 Å². The summed E-state index contributed by atoms with van der Waals surface area (Å²) in [4.78, 5) is 11.6. The molecular weight excluding hydrogens is 532 g/mol. The number of aliphatic hydroxyl groups is 2. The van der Waals surface area contributed by atoms with Crippen molar-refractivity contribution < 1.29 is 14.9 Å². The zero-order chi connectivity index (χ0) is 29.0. The van der Waals surface area contributed by atoms with E-state index in [0.29, 0.717) is 35.3 Å². The van der Waals surface area contributed by atoms with Crippen LogP contribution in [0.2, 0.25) is 0 Å². The molecular formula is C33H34N4O3S. The summed E-state index contributed by atoms with van der Waals surface area (Å²) in [6.07, 6.45) is 9.68. The lowest BCUT2D eigenvalue weighted by Gasteiger charge is -2.20. The molecule has 7 nitrogen and oxygen atoms in total. The van der Waals surface area contributed by atoms with Crippen molar-refractivity contribution in [3.8, 4) is 18.1 Å². The summed E-state index contributed by atoms with van der Waals surface area (Å²) < 4.78 is 5.30. The van der Waals surface area contributed by atoms with E-state index in [2.05, 4.69) is 28.7 Å². The summed E-state index contributed by atoms with van der Waals surface area (Å²) in [6, 6.07) is 23.5. The summed E-state index contributed by atoms with van der Waals surface area (Å²) in [6.45, 7) is 2.37. The Balaban J connectivity index is 1.64. The van der Waals surface area contributed by atoms with Crippen molar-refractivity contribution in [2.45, 2.75) is 42.3 Å². The number of terminal acetylenes is 1. The molecule has 210 valence electrons. The molecule has 0 radical (unpaired) electrons. The van der Waals surface area contributed by atoms with Crippen LogP contribution in [0.3, 0.4) is 0 Å². The molecule has 4 N–H and O–H groups in total. The standard InChI is InChI=1S/C33H34N4O3S/c1-4-10-27-28(5-2)36-33(37-32(27)35-29(19-20-38)23-15-17-26(40-3)18-16-23)34-21-24-11-6-8-13-30(24)41-31-14-9-7-12-25(31)22-39/h1,5-18,29,38-39H,19-22H2,2-3H3,(H2,34,35,36,37)/b27-10+,28-5+. The van der Waals surface area contributed by atoms with Crippen LogP contribution in [0.15, 0.2) is 82.6 Å². The predicted molar refractivity (Wildman–Crippen MR) is 166 cm³/mol. The second kappa shape index (κ2) is 14.9. The molecule has 1 aromatic heterocycles. The monoisotopic (exact) mass is 566 g/mol. The van der Waals surface area contributed by atoms with E-state index in [9.17, 15) is 10.2 Å². The summed E-state index contributed by atoms with van der Waals surface area (Å²) in [5.41, 5.74) is 2.94. The Morgan fingerprint density at radius 2 is 1.66 bits per heavy atom. The van der Waals surface area contributed by atoms with Crippen molar-refractivity contribution in [3.63, 3.8) is 0 Å². The van der Waals surface area contributed by atoms with Gasteiger partial charge in [-0.1, -0.05) is 72.3 Å². The maximum absolute atomic E-state index is 9.81. The lowest BCUT2D eigenvalue weighted by atomic mass is 10.0. The number of hydrogen-bond donors (Lipinski definition) is 4. The van der Waals surface area contributed by atoms with Crippen molar-refractivity contribution in [3.05, 3.63) is 100 Å². The molecule has 0 bridgehead atoms. The van der Waals surface area contributed by atoms with Gasteiger partial charge in [0.15, 0.2) is 0 Å². The van der Waals surface area contributed by atoms with E-state index in [-0.39, 0.29) is 19.3 Å². The number of nitrogens with zero attached hydrogens (tertiary/aromatic N) is 2. The zero-order valence-corrected chi connectivity index (χ0v) is 24.0. The first-order valence-electron chi connectivity index (χ1n) is 13.3. The third-order valence-electron chi connectivity index (χ3n) is 6.50. The van der Waals surface area contributed by atoms with E-state index in [1.807, 2.05) is 73.7 Å². The molecule has 4 aromatic rings. The summed E-state index contributed by atoms with van der Waals surface area (Å²) in [5, 5.41) is 27.8. The second-order valence-electron chi connectivity index (χ2n) is 9.11. The maximum atomic E-state index is 9.81. The van der Waals surface area contributed by atoms with Gasteiger partial charge in [0.1, 0.15) is 11.6 Å². The van der Waals surface area contributed by atoms with Crippen molar-refractivity contribution in [1.29, 1.82) is 0 Å². The van der Waals surface area contributed by atoms with E-state index in [0.717, 1.165) is 32.2 Å². The molecule has 0 aliphatic carbocycles. The van der Waals surface area contributed by atoms with Gasteiger partial charge in [0.05, 0.1) is 30.3 Å². The number of rotatable bonds is 12. The number of ether oxygens (including phenoxy) is 1. The molecule has 0 aliphatic heterocycles. The minimum atomic E-state index is -0.216. The van der Waals surface area contributed by atoms with Crippen molar-refractivity contribution in [2.75, 3.05) is 24.4 Å². The minimum absolute atomic E-state index is 0.00526. The van der Waals surface area contributed by atoms with Crippen LogP contribution in [0.5, 0.6) is 5.75 Å². The van der Waals surface area contributed by atoms with Crippen LogP contribution in [0, 0.1) is 12.3 Å². The third-order valence-corrected chi connectivity index (χ3v) is 7.73. The molecule has 0 amide bonds. The van der Waals surface area contributed by atoms with Crippen molar-refractivity contribution >= 4 is 35.7 Å². The first-order chi connectivity index (χ1) is 20.1. The van der Waals surface area contributed by atoms with Crippen molar-refractivity contribution in [1.82, 2.24) is 9.97 Å². The SMILES string of the molecule is C#C/C=c1/c(NC(CCO)c2ccc(OC)cc2)nc(NCc2ccccc2Sc2ccccc2CO)n/c1=C/C. The maximum Gasteiger partial charge on any atom is 0.225 e. The number of methoxy groups -OCH3 is 1. The number of hydrogen-bond acceptors (Lipinski definition) is 8. The Hall–Kier alpha value is -4.29. The van der Waals surface area contributed by atoms with Crippen LogP contribution in [0.1, 0.15) is 36.1 Å². The van der Waals surface area contributed by atoms with Crippen LogP contribution >= 0.6 is 11.8 Å². The normalized spacial score (nSPS) is 12.6. The first kappa shape index (κ1) is 29.7. The van der Waals surface area contributed by atoms with Crippen LogP contribution in [0.4, 0.5) is 11.8 Å². The Morgan fingerprint density at radius 3 is 2.29 bits per heavy atom. The van der Waals surface area contributed by atoms with Gasteiger partial charge >= 0.3 is 0 Å². The number of aromatic nitrogens is 2. The topological polar surface area (TPSA) is 99.5 Å². The van der Waals surface area contributed by atoms with Gasteiger partial charge in [-0.15, -0.1) is 6.42 Å². The molecule has 8 heteroatoms. The molecule has 4 rings (SSSR count). The Bertz CT molecular complexity index is 1620. The molecule has 0 saturated carbocycles. The van der Waals surface area contributed by atoms with Crippen LogP contribution in [-0.2, 0) is 13.2 Å². The fourth-order valence-corrected chi connectivity index (χ4v) is 5.42. The van der Waals surface area contributed by atoms with E-state index >= 15 is 0 Å². The van der Waals surface area contributed by atoms with Gasteiger partial charge in [0.25, 0.3) is 0 Å². The quantitative estimate of drug-likeness (QED) is 0.186. The molecule has 1 atom stereocenters. The number of benzene rings is 3. The fraction of sp³-hybridized carbons (Fsp3) is 0.212. The Morgan fingerprint density at radius 1 is 0.976 bits per heavy atom. The number of nitrogens with one attached hydrogen (secondary N) is 2. The highest BCUT2D eigenvalue weighted by Gasteiger charge is 2.15. The third kappa shape index (κ3) is 7.68. The lowest BCUT2D eigenvalue weighted by molar-refractivity contribution is 0.279. The summed E-state index contributed by atoms with van der Waals surface area (Å²) in [7, 11) is 1.63. The Labute approximate surface area is 245 Å². The molecule has 0 saturated heterocycles. The molecule has 1 heterocycles. The number of aliphatic hydroxyl groups excluding tert-OH is 2. The molecule has 1 unspecified atom stereocenters. The highest BCUT2D eigenvalue weighted by atomic mass is 32.2. The highest BCUT2D eigenvalue weighted by Crippen LogP contribution is 2.33. The van der Waals surface area contributed by atoms with E-state index in [1.54, 1.807) is 24.9 Å². The number of anilines is 2. The largest absolute Gasteiger partial charge is 0.497 e. The molecule has 0 spiro atoms. The molecule has 0 fully saturated rings. The van der Waals surface area contributed by atoms with Gasteiger partial charge in [-0.3, -0.25) is 0 Å². The van der Waals surface area contributed by atoms with Crippen LogP contribution in [-0.4, -0.2) is 33.9 Å². The summed E-state index contributed by atoms with van der Waals surface area (Å²) >= 11 is 1.62. The second-order valence-corrected chi connectivity index (χ2v) is 10.2. The minimum Gasteiger partial charge on any atom is -0.497 e. The lowest BCUT2D eigenvalue weighted by Crippen LogP contribution is -2.34. The van der Waals surface area contributed by atoms with Gasteiger partial charge in [-0.25, -0.2) is 4.98 Å². The zero-order valence-electron chi connectivity index (χ0n) is 23.2. The van der Waals surface area contributed by atoms with E-state index < -0.39 is 0 Å². The van der Waals surface area contributed by atoms with Gasteiger partial charge in [-0.2, -0.15) is 4.98 Å². The fourth-order valence-electron chi connectivity index (χ4n) is 4.35. The van der Waals surface area contributed by atoms with Crippen LogP contribution < -0.4 is 25.9 Å². The van der Waals surface area contributed by atoms with E-state index in [4.69, 9.17) is 21.1 Å².